The lowest BCUT2D eigenvalue weighted by Crippen LogP contribution is -1.96. The molecule has 1 rings (SSSR count). The van der Waals surface area contributed by atoms with Crippen LogP contribution in [0.3, 0.4) is 0 Å². The van der Waals surface area contributed by atoms with Crippen LogP contribution in [-0.4, -0.2) is 6.21 Å². The Labute approximate surface area is 85.6 Å². The Morgan fingerprint density at radius 1 is 1.57 bits per heavy atom. The monoisotopic (exact) mass is 185 g/mol. The highest BCUT2D eigenvalue weighted by molar-refractivity contribution is 5.58. The first-order valence-corrected chi connectivity index (χ1v) is 4.63. The second-order valence-corrected chi connectivity index (χ2v) is 3.21. The van der Waals surface area contributed by atoms with E-state index in [1.54, 1.807) is 6.21 Å². The molecule has 0 N–H and O–H groups in total. The lowest BCUT2D eigenvalue weighted by molar-refractivity contribution is 1.12. The summed E-state index contributed by atoms with van der Waals surface area (Å²) >= 11 is 0. The number of rotatable bonds is 1. The van der Waals surface area contributed by atoms with Gasteiger partial charge in [0, 0.05) is 29.5 Å². The van der Waals surface area contributed by atoms with Gasteiger partial charge in [0.05, 0.1) is 0 Å². The van der Waals surface area contributed by atoms with Crippen LogP contribution in [0.1, 0.15) is 20.3 Å². The molecular formula is C13H15N. The molecular weight excluding hydrogens is 170 g/mol. The zero-order chi connectivity index (χ0) is 10.6. The number of allylic oxidation sites excluding steroid dienone is 6. The van der Waals surface area contributed by atoms with Crippen molar-refractivity contribution >= 4 is 6.21 Å². The lowest BCUT2D eigenvalue weighted by Gasteiger charge is -2.13. The molecule has 0 bridgehead atoms. The summed E-state index contributed by atoms with van der Waals surface area (Å²) in [4.78, 5) is 4.26. The fourth-order valence-electron chi connectivity index (χ4n) is 1.44. The molecule has 0 unspecified atom stereocenters. The first-order chi connectivity index (χ1) is 6.69. The highest BCUT2D eigenvalue weighted by Crippen LogP contribution is 2.27. The van der Waals surface area contributed by atoms with Crippen molar-refractivity contribution in [2.75, 3.05) is 0 Å². The van der Waals surface area contributed by atoms with Gasteiger partial charge in [-0.15, -0.1) is 5.73 Å². The highest BCUT2D eigenvalue weighted by Gasteiger charge is 2.10. The topological polar surface area (TPSA) is 12.4 Å². The molecule has 0 aromatic heterocycles. The predicted molar refractivity (Wildman–Crippen MR) is 62.4 cm³/mol. The summed E-state index contributed by atoms with van der Waals surface area (Å²) in [6, 6.07) is 0. The van der Waals surface area contributed by atoms with Gasteiger partial charge >= 0.3 is 0 Å². The van der Waals surface area contributed by atoms with Gasteiger partial charge in [-0.2, -0.15) is 0 Å². The zero-order valence-electron chi connectivity index (χ0n) is 8.80. The summed E-state index contributed by atoms with van der Waals surface area (Å²) in [5.74, 6) is 0. The van der Waals surface area contributed by atoms with E-state index < -0.39 is 0 Å². The van der Waals surface area contributed by atoms with Crippen LogP contribution in [0.4, 0.5) is 0 Å². The largest absolute Gasteiger partial charge is 0.266 e. The van der Waals surface area contributed by atoms with Crippen LogP contribution in [-0.2, 0) is 0 Å². The molecule has 0 saturated heterocycles. The SMILES string of the molecule is C=C=C1CC(=C)C=C/C1=C(\C)N=CC. The standard InChI is InChI=1S/C13H15N/c1-5-12-9-10(3)7-8-13(12)11(4)14-6-2/h6-8H,1,3,9H2,2,4H3/b13-11-,14-6?. The predicted octanol–water partition coefficient (Wildman–Crippen LogP) is 3.58. The molecule has 72 valence electrons. The van der Waals surface area contributed by atoms with E-state index in [-0.39, 0.29) is 0 Å². The Morgan fingerprint density at radius 2 is 2.29 bits per heavy atom. The van der Waals surface area contributed by atoms with E-state index in [9.17, 15) is 0 Å². The van der Waals surface area contributed by atoms with Crippen molar-refractivity contribution in [3.8, 4) is 0 Å². The average Bonchev–Trinajstić information content (AvgIpc) is 2.17. The van der Waals surface area contributed by atoms with Crippen LogP contribution in [0.25, 0.3) is 0 Å². The first kappa shape index (κ1) is 10.5. The fourth-order valence-corrected chi connectivity index (χ4v) is 1.44. The van der Waals surface area contributed by atoms with Crippen LogP contribution >= 0.6 is 0 Å². The minimum atomic E-state index is 0.825. The van der Waals surface area contributed by atoms with Gasteiger partial charge in [0.1, 0.15) is 0 Å². The van der Waals surface area contributed by atoms with Crippen molar-refractivity contribution in [1.29, 1.82) is 0 Å². The van der Waals surface area contributed by atoms with Gasteiger partial charge in [-0.1, -0.05) is 30.9 Å². The van der Waals surface area contributed by atoms with E-state index in [0.717, 1.165) is 28.8 Å². The lowest BCUT2D eigenvalue weighted by atomic mass is 9.92. The molecule has 0 aromatic rings. The van der Waals surface area contributed by atoms with E-state index >= 15 is 0 Å². The second kappa shape index (κ2) is 4.59. The van der Waals surface area contributed by atoms with E-state index in [1.165, 1.54) is 0 Å². The molecule has 0 radical (unpaired) electrons. The van der Waals surface area contributed by atoms with Crippen LogP contribution < -0.4 is 0 Å². The first-order valence-electron chi connectivity index (χ1n) is 4.63. The summed E-state index contributed by atoms with van der Waals surface area (Å²) in [6.45, 7) is 11.5. The molecule has 1 heteroatoms. The van der Waals surface area contributed by atoms with E-state index in [0.29, 0.717) is 0 Å². The Morgan fingerprint density at radius 3 is 2.86 bits per heavy atom. The van der Waals surface area contributed by atoms with Gasteiger partial charge in [0.15, 0.2) is 0 Å². The van der Waals surface area contributed by atoms with Crippen LogP contribution in [0.2, 0.25) is 0 Å². The van der Waals surface area contributed by atoms with E-state index in [2.05, 4.69) is 23.9 Å². The molecule has 1 aliphatic carbocycles. The van der Waals surface area contributed by atoms with Crippen LogP contribution in [0.15, 0.2) is 58.4 Å². The second-order valence-electron chi connectivity index (χ2n) is 3.21. The van der Waals surface area contributed by atoms with Gasteiger partial charge in [0.25, 0.3) is 0 Å². The van der Waals surface area contributed by atoms with Crippen LogP contribution in [0.5, 0.6) is 0 Å². The van der Waals surface area contributed by atoms with E-state index in [4.69, 9.17) is 0 Å². The van der Waals surface area contributed by atoms with Crippen LogP contribution in [0, 0.1) is 0 Å². The third-order valence-electron chi connectivity index (χ3n) is 2.14. The molecule has 1 nitrogen and oxygen atoms in total. The smallest absolute Gasteiger partial charge is 0.0449 e. The van der Waals surface area contributed by atoms with Crippen molar-refractivity contribution < 1.29 is 0 Å². The van der Waals surface area contributed by atoms with Crippen molar-refractivity contribution in [2.24, 2.45) is 4.99 Å². The Bertz CT molecular complexity index is 385. The van der Waals surface area contributed by atoms with Gasteiger partial charge in [-0.25, -0.2) is 0 Å². The molecule has 1 aliphatic rings. The maximum absolute atomic E-state index is 4.26. The molecule has 0 saturated carbocycles. The van der Waals surface area contributed by atoms with Gasteiger partial charge in [-0.05, 0) is 13.8 Å². The highest BCUT2D eigenvalue weighted by atomic mass is 14.7. The summed E-state index contributed by atoms with van der Waals surface area (Å²) in [6.07, 6.45) is 6.67. The molecule has 0 heterocycles. The maximum Gasteiger partial charge on any atom is 0.0449 e. The maximum atomic E-state index is 4.26. The molecule has 0 atom stereocenters. The number of hydrogen-bond donors (Lipinski definition) is 0. The molecule has 0 aromatic carbocycles. The summed E-state index contributed by atoms with van der Waals surface area (Å²) in [5.41, 5.74) is 7.24. The normalized spacial score (nSPS) is 20.1. The van der Waals surface area contributed by atoms with Gasteiger partial charge in [0.2, 0.25) is 0 Å². The van der Waals surface area contributed by atoms with E-state index in [1.807, 2.05) is 26.0 Å². The summed E-state index contributed by atoms with van der Waals surface area (Å²) in [7, 11) is 0. The van der Waals surface area contributed by atoms with Crippen molar-refractivity contribution in [2.45, 2.75) is 20.3 Å². The minimum Gasteiger partial charge on any atom is -0.266 e. The number of nitrogens with zero attached hydrogens (tertiary/aromatic N) is 1. The quantitative estimate of drug-likeness (QED) is 0.437. The number of hydrogen-bond acceptors (Lipinski definition) is 1. The Balaban J connectivity index is 3.22. The minimum absolute atomic E-state index is 0.825. The molecule has 14 heavy (non-hydrogen) atoms. The zero-order valence-corrected chi connectivity index (χ0v) is 8.80. The Kier molecular flexibility index (Phi) is 3.44. The summed E-state index contributed by atoms with van der Waals surface area (Å²) < 4.78 is 0. The number of aliphatic imine (C=N–C) groups is 1. The Hall–Kier alpha value is -1.59. The van der Waals surface area contributed by atoms with Crippen molar-refractivity contribution in [3.63, 3.8) is 0 Å². The molecule has 0 aliphatic heterocycles. The third-order valence-corrected chi connectivity index (χ3v) is 2.14. The molecule has 0 spiro atoms. The van der Waals surface area contributed by atoms with Crippen molar-refractivity contribution in [3.05, 3.63) is 53.5 Å². The van der Waals surface area contributed by atoms with Crippen molar-refractivity contribution in [1.82, 2.24) is 0 Å². The third kappa shape index (κ3) is 2.21. The van der Waals surface area contributed by atoms with Gasteiger partial charge < -0.3 is 0 Å². The average molecular weight is 185 g/mol. The van der Waals surface area contributed by atoms with Gasteiger partial charge in [-0.3, -0.25) is 4.99 Å². The fraction of sp³-hybridized carbons (Fsp3) is 0.231. The molecule has 0 fully saturated rings. The summed E-state index contributed by atoms with van der Waals surface area (Å²) in [5, 5.41) is 0. The molecule has 0 amide bonds.